The average molecular weight is 252 g/mol. The Bertz CT molecular complexity index is 709. The van der Waals surface area contributed by atoms with Crippen molar-refractivity contribution in [2.45, 2.75) is 6.42 Å². The first-order chi connectivity index (χ1) is 9.11. The highest BCUT2D eigenvalue weighted by Crippen LogP contribution is 2.36. The smallest absolute Gasteiger partial charge is 0.196 e. The Morgan fingerprint density at radius 1 is 0.895 bits per heavy atom. The van der Waals surface area contributed by atoms with Gasteiger partial charge in [-0.15, -0.1) is 0 Å². The number of benzene rings is 1. The minimum Gasteiger partial charge on any atom is -0.398 e. The highest BCUT2D eigenvalue weighted by atomic mass is 16.1. The normalized spacial score (nSPS) is 17.3. The Kier molecular flexibility index (Phi) is 2.38. The van der Waals surface area contributed by atoms with Gasteiger partial charge in [0.05, 0.1) is 11.1 Å². The van der Waals surface area contributed by atoms with Crippen molar-refractivity contribution in [1.29, 1.82) is 0 Å². The maximum atomic E-state index is 12.5. The van der Waals surface area contributed by atoms with Crippen LogP contribution in [0.2, 0.25) is 0 Å². The van der Waals surface area contributed by atoms with Gasteiger partial charge in [-0.2, -0.15) is 0 Å². The molecule has 0 radical (unpaired) electrons. The molecule has 19 heavy (non-hydrogen) atoms. The van der Waals surface area contributed by atoms with E-state index in [4.69, 9.17) is 11.5 Å². The molecule has 0 bridgehead atoms. The van der Waals surface area contributed by atoms with E-state index in [1.165, 1.54) is 0 Å². The van der Waals surface area contributed by atoms with Crippen LogP contribution in [0.5, 0.6) is 0 Å². The van der Waals surface area contributed by atoms with Gasteiger partial charge in [0.1, 0.15) is 0 Å². The van der Waals surface area contributed by atoms with Crippen molar-refractivity contribution in [2.24, 2.45) is 0 Å². The predicted octanol–water partition coefficient (Wildman–Crippen LogP) is 2.04. The summed E-state index contributed by atoms with van der Waals surface area (Å²) < 4.78 is 0. The zero-order valence-electron chi connectivity index (χ0n) is 10.1. The number of hydrogen-bond donors (Lipinski definition) is 2. The molecule has 4 nitrogen and oxygen atoms in total. The van der Waals surface area contributed by atoms with E-state index < -0.39 is 0 Å². The van der Waals surface area contributed by atoms with Crippen LogP contribution in [0.3, 0.4) is 0 Å². The lowest BCUT2D eigenvalue weighted by atomic mass is 9.80. The molecule has 0 heterocycles. The van der Waals surface area contributed by atoms with E-state index in [9.17, 15) is 9.59 Å². The second-order valence-electron chi connectivity index (χ2n) is 4.51. The molecule has 94 valence electrons. The summed E-state index contributed by atoms with van der Waals surface area (Å²) in [6, 6.07) is 3.12. The molecule has 0 aliphatic heterocycles. The summed E-state index contributed by atoms with van der Waals surface area (Å²) in [5.74, 6) is -0.466. The van der Waals surface area contributed by atoms with Crippen LogP contribution in [0, 0.1) is 0 Å². The van der Waals surface area contributed by atoms with Crippen molar-refractivity contribution >= 4 is 22.9 Å². The number of nitrogen functional groups attached to an aromatic ring is 2. The monoisotopic (exact) mass is 252 g/mol. The summed E-state index contributed by atoms with van der Waals surface area (Å²) in [7, 11) is 0. The third kappa shape index (κ3) is 1.53. The van der Waals surface area contributed by atoms with Crippen LogP contribution in [-0.4, -0.2) is 11.6 Å². The van der Waals surface area contributed by atoms with Crippen LogP contribution in [0.15, 0.2) is 47.6 Å². The van der Waals surface area contributed by atoms with E-state index in [-0.39, 0.29) is 28.4 Å². The molecule has 3 rings (SSSR count). The van der Waals surface area contributed by atoms with Gasteiger partial charge < -0.3 is 11.5 Å². The first-order valence-corrected chi connectivity index (χ1v) is 5.96. The third-order valence-corrected chi connectivity index (χ3v) is 3.36. The summed E-state index contributed by atoms with van der Waals surface area (Å²) in [5, 5.41) is 0. The van der Waals surface area contributed by atoms with Gasteiger partial charge in [0.15, 0.2) is 11.6 Å². The van der Waals surface area contributed by atoms with E-state index in [2.05, 4.69) is 0 Å². The largest absolute Gasteiger partial charge is 0.398 e. The van der Waals surface area contributed by atoms with E-state index in [1.54, 1.807) is 30.4 Å². The maximum absolute atomic E-state index is 12.5. The lowest BCUT2D eigenvalue weighted by molar-refractivity contribution is 0.0974. The molecule has 0 fully saturated rings. The van der Waals surface area contributed by atoms with Gasteiger partial charge >= 0.3 is 0 Å². The Balaban J connectivity index is 2.36. The molecule has 2 aliphatic rings. The Labute approximate surface area is 110 Å². The van der Waals surface area contributed by atoms with Crippen molar-refractivity contribution < 1.29 is 9.59 Å². The molecule has 0 saturated carbocycles. The summed E-state index contributed by atoms with van der Waals surface area (Å²) in [6.07, 6.45) is 7.69. The SMILES string of the molecule is Nc1ccc(N)c2c1C(=O)C1=CC=CCC=C1C2=O. The topological polar surface area (TPSA) is 86.2 Å². The number of carbonyl (C=O) groups excluding carboxylic acids is 2. The fraction of sp³-hybridized carbons (Fsp3) is 0.0667. The van der Waals surface area contributed by atoms with Crippen LogP contribution in [0.1, 0.15) is 27.1 Å². The van der Waals surface area contributed by atoms with Gasteiger partial charge in [-0.3, -0.25) is 9.59 Å². The molecule has 0 aromatic heterocycles. The molecule has 1 aromatic carbocycles. The number of ketones is 2. The Morgan fingerprint density at radius 2 is 1.47 bits per heavy atom. The standard InChI is InChI=1S/C15H12N2O2/c16-10-6-7-11(17)13-12(10)14(18)8-4-2-1-3-5-9(8)15(13)19/h1-2,4-7H,3,16-17H2. The van der Waals surface area contributed by atoms with Crippen LogP contribution >= 0.6 is 0 Å². The highest BCUT2D eigenvalue weighted by molar-refractivity contribution is 6.34. The van der Waals surface area contributed by atoms with Gasteiger partial charge in [-0.25, -0.2) is 0 Å². The summed E-state index contributed by atoms with van der Waals surface area (Å²) in [5.41, 5.74) is 13.5. The Morgan fingerprint density at radius 3 is 2.11 bits per heavy atom. The molecule has 0 saturated heterocycles. The Hall–Kier alpha value is -2.62. The second-order valence-corrected chi connectivity index (χ2v) is 4.51. The predicted molar refractivity (Wildman–Crippen MR) is 73.9 cm³/mol. The molecule has 0 atom stereocenters. The first-order valence-electron chi connectivity index (χ1n) is 5.96. The van der Waals surface area contributed by atoms with Gasteiger partial charge in [0.2, 0.25) is 0 Å². The molecule has 4 N–H and O–H groups in total. The van der Waals surface area contributed by atoms with Crippen molar-refractivity contribution in [3.05, 3.63) is 58.7 Å². The fourth-order valence-electron chi connectivity index (χ4n) is 2.43. The van der Waals surface area contributed by atoms with Gasteiger partial charge in [0, 0.05) is 22.5 Å². The zero-order valence-corrected chi connectivity index (χ0v) is 10.1. The summed E-state index contributed by atoms with van der Waals surface area (Å²) in [6.45, 7) is 0. The number of nitrogens with two attached hydrogens (primary N) is 2. The lowest BCUT2D eigenvalue weighted by Crippen LogP contribution is -2.25. The molecule has 4 heteroatoms. The molecular weight excluding hydrogens is 240 g/mol. The molecule has 1 aromatic rings. The van der Waals surface area contributed by atoms with E-state index >= 15 is 0 Å². The van der Waals surface area contributed by atoms with Crippen LogP contribution < -0.4 is 11.5 Å². The second kappa shape index (κ2) is 3.95. The van der Waals surface area contributed by atoms with Crippen molar-refractivity contribution in [3.63, 3.8) is 0 Å². The van der Waals surface area contributed by atoms with Gasteiger partial charge in [0.25, 0.3) is 0 Å². The van der Waals surface area contributed by atoms with Crippen molar-refractivity contribution in [1.82, 2.24) is 0 Å². The molecule has 0 spiro atoms. The van der Waals surface area contributed by atoms with Gasteiger partial charge in [-0.1, -0.05) is 24.3 Å². The minimum atomic E-state index is -0.239. The maximum Gasteiger partial charge on any atom is 0.196 e. The first kappa shape index (κ1) is 11.5. The van der Waals surface area contributed by atoms with Crippen molar-refractivity contribution in [2.75, 3.05) is 11.5 Å². The van der Waals surface area contributed by atoms with E-state index in [0.29, 0.717) is 23.3 Å². The molecule has 2 aliphatic carbocycles. The lowest BCUT2D eigenvalue weighted by Gasteiger charge is -2.21. The van der Waals surface area contributed by atoms with Crippen LogP contribution in [-0.2, 0) is 0 Å². The minimum absolute atomic E-state index is 0.226. The molecular formula is C15H12N2O2. The zero-order chi connectivity index (χ0) is 13.6. The summed E-state index contributed by atoms with van der Waals surface area (Å²) >= 11 is 0. The van der Waals surface area contributed by atoms with Crippen LogP contribution in [0.25, 0.3) is 0 Å². The molecule has 0 amide bonds. The number of fused-ring (bicyclic) bond motifs is 2. The average Bonchev–Trinajstić information content (AvgIpc) is 2.64. The highest BCUT2D eigenvalue weighted by Gasteiger charge is 2.35. The third-order valence-electron chi connectivity index (χ3n) is 3.36. The van der Waals surface area contributed by atoms with E-state index in [0.717, 1.165) is 0 Å². The number of Topliss-reactive ketones (excluding diaryl/α,β-unsaturated/α-hetero) is 2. The number of carbonyl (C=O) groups is 2. The summed E-state index contributed by atoms with van der Waals surface area (Å²) in [4.78, 5) is 25.0. The van der Waals surface area contributed by atoms with Crippen LogP contribution in [0.4, 0.5) is 11.4 Å². The number of hydrogen-bond acceptors (Lipinski definition) is 4. The van der Waals surface area contributed by atoms with E-state index in [1.807, 2.05) is 6.08 Å². The van der Waals surface area contributed by atoms with Gasteiger partial charge in [-0.05, 0) is 18.6 Å². The quantitative estimate of drug-likeness (QED) is 0.692. The number of rotatable bonds is 0. The number of anilines is 2. The van der Waals surface area contributed by atoms with Crippen molar-refractivity contribution in [3.8, 4) is 0 Å². The molecule has 0 unspecified atom stereocenters. The number of allylic oxidation sites excluding steroid dienone is 6. The fourth-order valence-corrected chi connectivity index (χ4v) is 2.43.